The first kappa shape index (κ1) is 22.3. The Hall–Kier alpha value is -3.50. The molecule has 2 saturated heterocycles. The van der Waals surface area contributed by atoms with E-state index < -0.39 is 0 Å². The fourth-order valence-corrected chi connectivity index (χ4v) is 4.27. The Bertz CT molecular complexity index is 1180. The van der Waals surface area contributed by atoms with Crippen LogP contribution in [-0.4, -0.2) is 71.9 Å². The maximum atomic E-state index is 12.9. The van der Waals surface area contributed by atoms with Crippen LogP contribution in [0, 0.1) is 6.92 Å². The number of benzene rings is 1. The maximum Gasteiger partial charge on any atom is 0.271 e. The number of nitrogens with zero attached hydrogens (tertiary/aromatic N) is 5. The number of aromatic nitrogens is 3. The summed E-state index contributed by atoms with van der Waals surface area (Å²) in [5, 5.41) is 10.8. The summed E-state index contributed by atoms with van der Waals surface area (Å²) >= 11 is 0. The third-order valence-corrected chi connectivity index (χ3v) is 6.07. The van der Waals surface area contributed by atoms with Crippen molar-refractivity contribution in [3.8, 4) is 0 Å². The Morgan fingerprint density at radius 3 is 2.82 bits per heavy atom. The number of hydrogen-bond acceptors (Lipinski definition) is 8. The smallest absolute Gasteiger partial charge is 0.271 e. The van der Waals surface area contributed by atoms with Gasteiger partial charge in [-0.1, -0.05) is 29.8 Å². The molecule has 3 aromatic rings. The van der Waals surface area contributed by atoms with Gasteiger partial charge in [-0.15, -0.1) is 0 Å². The Balaban J connectivity index is 1.41. The van der Waals surface area contributed by atoms with E-state index in [1.807, 2.05) is 29.5 Å². The second-order valence-electron chi connectivity index (χ2n) is 8.68. The minimum Gasteiger partial charge on any atom is -0.378 e. The highest BCUT2D eigenvalue weighted by atomic mass is 16.5. The molecule has 0 bridgehead atoms. The lowest BCUT2D eigenvalue weighted by atomic mass is 10.1. The number of morpholine rings is 1. The average Bonchev–Trinajstić information content (AvgIpc) is 3.29. The molecule has 0 radical (unpaired) electrons. The van der Waals surface area contributed by atoms with Gasteiger partial charge in [-0.3, -0.25) is 14.6 Å². The van der Waals surface area contributed by atoms with Gasteiger partial charge in [0.05, 0.1) is 19.4 Å². The summed E-state index contributed by atoms with van der Waals surface area (Å²) in [5.74, 6) is 1.12. The van der Waals surface area contributed by atoms with Gasteiger partial charge in [0, 0.05) is 31.4 Å². The lowest BCUT2D eigenvalue weighted by Crippen LogP contribution is -2.42. The van der Waals surface area contributed by atoms with Crippen LogP contribution in [0.4, 0.5) is 11.8 Å². The van der Waals surface area contributed by atoms with Gasteiger partial charge in [0.2, 0.25) is 5.95 Å². The molecule has 0 unspecified atom stereocenters. The number of imidazole rings is 1. The monoisotopic (exact) mass is 462 g/mol. The molecule has 2 fully saturated rings. The first-order valence-electron chi connectivity index (χ1n) is 11.8. The van der Waals surface area contributed by atoms with Crippen LogP contribution in [0.5, 0.6) is 0 Å². The van der Waals surface area contributed by atoms with E-state index in [-0.39, 0.29) is 11.9 Å². The molecule has 2 aromatic heterocycles. The van der Waals surface area contributed by atoms with Gasteiger partial charge in [-0.25, -0.2) is 4.98 Å². The highest BCUT2D eigenvalue weighted by molar-refractivity contribution is 5.93. The van der Waals surface area contributed by atoms with Gasteiger partial charge in [-0.05, 0) is 38.4 Å². The van der Waals surface area contributed by atoms with Crippen molar-refractivity contribution in [2.45, 2.75) is 25.8 Å². The summed E-state index contributed by atoms with van der Waals surface area (Å²) in [6.45, 7) is 6.57. The summed E-state index contributed by atoms with van der Waals surface area (Å²) in [5.41, 5.74) is 6.22. The quantitative estimate of drug-likeness (QED) is 0.379. The number of ether oxygens (including phenoxy) is 1. The van der Waals surface area contributed by atoms with Gasteiger partial charge in [-0.2, -0.15) is 10.1 Å². The molecule has 5 rings (SSSR count). The molecule has 178 valence electrons. The van der Waals surface area contributed by atoms with Gasteiger partial charge in [0.25, 0.3) is 5.91 Å². The Labute approximate surface area is 198 Å². The molecular formula is C24H30N8O2. The van der Waals surface area contributed by atoms with Crippen molar-refractivity contribution in [1.29, 1.82) is 0 Å². The van der Waals surface area contributed by atoms with Crippen molar-refractivity contribution >= 4 is 29.5 Å². The molecule has 0 spiro atoms. The van der Waals surface area contributed by atoms with Gasteiger partial charge in [0.1, 0.15) is 11.3 Å². The fraction of sp³-hybridized carbons (Fsp3) is 0.417. The van der Waals surface area contributed by atoms with Gasteiger partial charge < -0.3 is 20.3 Å². The van der Waals surface area contributed by atoms with E-state index in [1.165, 1.54) is 5.56 Å². The van der Waals surface area contributed by atoms with Crippen LogP contribution >= 0.6 is 0 Å². The van der Waals surface area contributed by atoms with E-state index >= 15 is 0 Å². The van der Waals surface area contributed by atoms with Gasteiger partial charge in [0.15, 0.2) is 5.82 Å². The van der Waals surface area contributed by atoms with Gasteiger partial charge >= 0.3 is 0 Å². The lowest BCUT2D eigenvalue weighted by Gasteiger charge is -2.28. The SMILES string of the molecule is Cc1cccc(/C=N/Nc2cc3nc(C(=O)NC4CCNCC4)cn3c(N3CCOCC3)n2)c1. The Morgan fingerprint density at radius 2 is 2.03 bits per heavy atom. The van der Waals surface area contributed by atoms with Crippen LogP contribution in [0.1, 0.15) is 34.5 Å². The molecule has 0 saturated carbocycles. The number of aryl methyl sites for hydroxylation is 1. The first-order valence-corrected chi connectivity index (χ1v) is 11.8. The highest BCUT2D eigenvalue weighted by Gasteiger charge is 2.22. The summed E-state index contributed by atoms with van der Waals surface area (Å²) in [4.78, 5) is 24.5. The molecule has 34 heavy (non-hydrogen) atoms. The number of carbonyl (C=O) groups excluding carboxylic acids is 1. The van der Waals surface area contributed by atoms with E-state index in [1.54, 1.807) is 18.5 Å². The standard InChI is InChI=1S/C24H30N8O2/c1-17-3-2-4-18(13-17)15-26-30-21-14-22-28-20(23(33)27-19-5-7-25-8-6-19)16-32(22)24(29-21)31-9-11-34-12-10-31/h2-4,13-16,19,25,30H,5-12H2,1H3,(H,27,33)/b26-15+. The summed E-state index contributed by atoms with van der Waals surface area (Å²) < 4.78 is 7.39. The third kappa shape index (κ3) is 5.18. The lowest BCUT2D eigenvalue weighted by molar-refractivity contribution is 0.0925. The van der Waals surface area contributed by atoms with E-state index in [4.69, 9.17) is 9.72 Å². The molecular weight excluding hydrogens is 432 g/mol. The third-order valence-electron chi connectivity index (χ3n) is 6.07. The molecule has 2 aliphatic rings. The zero-order chi connectivity index (χ0) is 23.3. The van der Waals surface area contributed by atoms with Crippen LogP contribution in [0.3, 0.4) is 0 Å². The molecule has 1 aromatic carbocycles. The number of hydrogen-bond donors (Lipinski definition) is 3. The zero-order valence-corrected chi connectivity index (χ0v) is 19.3. The van der Waals surface area contributed by atoms with Crippen molar-refractivity contribution in [1.82, 2.24) is 25.0 Å². The Morgan fingerprint density at radius 1 is 1.21 bits per heavy atom. The normalized spacial score (nSPS) is 17.4. The number of hydrazone groups is 1. The summed E-state index contributed by atoms with van der Waals surface area (Å²) in [6, 6.07) is 10.1. The van der Waals surface area contributed by atoms with Crippen LogP contribution in [0.25, 0.3) is 5.65 Å². The number of fused-ring (bicyclic) bond motifs is 1. The first-order chi connectivity index (χ1) is 16.7. The minimum atomic E-state index is -0.157. The predicted octanol–water partition coefficient (Wildman–Crippen LogP) is 1.80. The average molecular weight is 463 g/mol. The van der Waals surface area contributed by atoms with Crippen molar-refractivity contribution in [3.05, 3.63) is 53.3 Å². The minimum absolute atomic E-state index is 0.157. The van der Waals surface area contributed by atoms with Crippen molar-refractivity contribution in [2.75, 3.05) is 49.7 Å². The van der Waals surface area contributed by atoms with Crippen LogP contribution in [0.15, 0.2) is 41.6 Å². The number of amides is 1. The van der Waals surface area contributed by atoms with E-state index in [0.29, 0.717) is 49.4 Å². The van der Waals surface area contributed by atoms with E-state index in [9.17, 15) is 4.79 Å². The van der Waals surface area contributed by atoms with E-state index in [2.05, 4.69) is 37.1 Å². The highest BCUT2D eigenvalue weighted by Crippen LogP contribution is 2.21. The molecule has 1 amide bonds. The molecule has 2 aliphatic heterocycles. The molecule has 10 nitrogen and oxygen atoms in total. The largest absolute Gasteiger partial charge is 0.378 e. The van der Waals surface area contributed by atoms with Crippen LogP contribution in [0.2, 0.25) is 0 Å². The van der Waals surface area contributed by atoms with Crippen molar-refractivity contribution in [3.63, 3.8) is 0 Å². The maximum absolute atomic E-state index is 12.9. The predicted molar refractivity (Wildman–Crippen MR) is 132 cm³/mol. The zero-order valence-electron chi connectivity index (χ0n) is 19.3. The number of rotatable bonds is 6. The molecule has 0 atom stereocenters. The molecule has 4 heterocycles. The number of piperidine rings is 1. The van der Waals surface area contributed by atoms with Crippen LogP contribution < -0.4 is 21.0 Å². The molecule has 3 N–H and O–H groups in total. The second-order valence-corrected chi connectivity index (χ2v) is 8.68. The van der Waals surface area contributed by atoms with Crippen molar-refractivity contribution in [2.24, 2.45) is 5.10 Å². The van der Waals surface area contributed by atoms with E-state index in [0.717, 1.165) is 31.5 Å². The molecule has 0 aliphatic carbocycles. The number of nitrogens with one attached hydrogen (secondary N) is 3. The topological polar surface area (TPSA) is 108 Å². The Kier molecular flexibility index (Phi) is 6.68. The summed E-state index contributed by atoms with van der Waals surface area (Å²) in [6.07, 6.45) is 5.37. The number of carbonyl (C=O) groups is 1. The second kappa shape index (κ2) is 10.2. The fourth-order valence-electron chi connectivity index (χ4n) is 4.27. The van der Waals surface area contributed by atoms with Crippen LogP contribution in [-0.2, 0) is 4.74 Å². The number of anilines is 2. The molecule has 10 heteroatoms. The van der Waals surface area contributed by atoms with Crippen molar-refractivity contribution < 1.29 is 9.53 Å². The summed E-state index contributed by atoms with van der Waals surface area (Å²) in [7, 11) is 0.